The van der Waals surface area contributed by atoms with E-state index in [1.165, 1.54) is 0 Å². The number of carboxylic acid groups (broad SMARTS) is 1. The number of amides is 1. The van der Waals surface area contributed by atoms with E-state index in [9.17, 15) is 14.7 Å². The number of rotatable bonds is 2. The van der Waals surface area contributed by atoms with Gasteiger partial charge in [-0.3, -0.25) is 4.79 Å². The van der Waals surface area contributed by atoms with E-state index in [4.69, 9.17) is 0 Å². The second-order valence-electron chi connectivity index (χ2n) is 5.87. The van der Waals surface area contributed by atoms with Crippen LogP contribution >= 0.6 is 11.8 Å². The van der Waals surface area contributed by atoms with E-state index >= 15 is 0 Å². The molecule has 21 heavy (non-hydrogen) atoms. The van der Waals surface area contributed by atoms with Crippen LogP contribution in [0.3, 0.4) is 0 Å². The van der Waals surface area contributed by atoms with Crippen LogP contribution in [-0.4, -0.2) is 38.9 Å². The van der Waals surface area contributed by atoms with Gasteiger partial charge in [0.05, 0.1) is 4.75 Å². The maximum Gasteiger partial charge on any atom is 0.331 e. The molecule has 1 amide bonds. The van der Waals surface area contributed by atoms with E-state index in [0.717, 1.165) is 36.1 Å². The first-order chi connectivity index (χ1) is 10.0. The van der Waals surface area contributed by atoms with Crippen molar-refractivity contribution in [1.82, 2.24) is 4.90 Å². The van der Waals surface area contributed by atoms with Crippen LogP contribution in [0.5, 0.6) is 0 Å². The molecule has 2 unspecified atom stereocenters. The van der Waals surface area contributed by atoms with Crippen molar-refractivity contribution in [3.8, 4) is 0 Å². The van der Waals surface area contributed by atoms with Crippen LogP contribution < -0.4 is 0 Å². The number of hydrogen-bond donors (Lipinski definition) is 1. The fourth-order valence-corrected chi connectivity index (χ4v) is 4.57. The fraction of sp³-hybridized carbons (Fsp3) is 0.500. The second kappa shape index (κ2) is 5.37. The van der Waals surface area contributed by atoms with Gasteiger partial charge in [-0.15, -0.1) is 11.8 Å². The number of benzene rings is 1. The molecule has 1 aromatic carbocycles. The molecule has 2 aliphatic heterocycles. The third kappa shape index (κ3) is 2.44. The molecular weight excluding hydrogens is 286 g/mol. The van der Waals surface area contributed by atoms with Crippen molar-refractivity contribution in [2.45, 2.75) is 37.0 Å². The number of carbonyl (C=O) groups excluding carboxylic acids is 1. The molecule has 1 saturated heterocycles. The largest absolute Gasteiger partial charge is 0.479 e. The van der Waals surface area contributed by atoms with Gasteiger partial charge in [0.1, 0.15) is 0 Å². The molecule has 1 N–H and O–H groups in total. The third-order valence-corrected chi connectivity index (χ3v) is 5.96. The van der Waals surface area contributed by atoms with Crippen LogP contribution in [0, 0.1) is 0 Å². The van der Waals surface area contributed by atoms with Crippen LogP contribution in [0.4, 0.5) is 0 Å². The van der Waals surface area contributed by atoms with Crippen molar-refractivity contribution in [1.29, 1.82) is 0 Å². The Morgan fingerprint density at radius 1 is 1.38 bits per heavy atom. The summed E-state index contributed by atoms with van der Waals surface area (Å²) in [6.07, 6.45) is 2.59. The molecule has 1 fully saturated rings. The Hall–Kier alpha value is -1.49. The SMILES string of the molecule is CC1(C(=O)N2CCc3ccccc3C2C(=O)O)CCCS1. The maximum atomic E-state index is 12.9. The summed E-state index contributed by atoms with van der Waals surface area (Å²) in [7, 11) is 0. The minimum atomic E-state index is -0.943. The Morgan fingerprint density at radius 2 is 2.14 bits per heavy atom. The number of carboxylic acids is 1. The zero-order chi connectivity index (χ0) is 15.0. The molecule has 1 aromatic rings. The van der Waals surface area contributed by atoms with E-state index in [0.29, 0.717) is 6.54 Å². The van der Waals surface area contributed by atoms with Crippen LogP contribution in [0.2, 0.25) is 0 Å². The first kappa shape index (κ1) is 14.4. The molecule has 2 atom stereocenters. The third-order valence-electron chi connectivity index (χ3n) is 4.45. The van der Waals surface area contributed by atoms with Gasteiger partial charge in [-0.1, -0.05) is 24.3 Å². The van der Waals surface area contributed by atoms with Gasteiger partial charge in [-0.05, 0) is 43.1 Å². The summed E-state index contributed by atoms with van der Waals surface area (Å²) in [5.41, 5.74) is 1.80. The molecule has 4 nitrogen and oxygen atoms in total. The fourth-order valence-electron chi connectivity index (χ4n) is 3.30. The average molecular weight is 305 g/mol. The summed E-state index contributed by atoms with van der Waals surface area (Å²) in [5.74, 6) is 0.0127. The minimum absolute atomic E-state index is 0.0214. The van der Waals surface area contributed by atoms with Crippen molar-refractivity contribution >= 4 is 23.6 Å². The Labute approximate surface area is 128 Å². The molecule has 0 aliphatic carbocycles. The molecule has 2 heterocycles. The van der Waals surface area contributed by atoms with Gasteiger partial charge < -0.3 is 10.0 Å². The zero-order valence-electron chi connectivity index (χ0n) is 12.0. The number of hydrogen-bond acceptors (Lipinski definition) is 3. The van der Waals surface area contributed by atoms with E-state index in [1.54, 1.807) is 16.7 Å². The maximum absolute atomic E-state index is 12.9. The summed E-state index contributed by atoms with van der Waals surface area (Å²) in [6, 6.07) is 6.70. The number of aliphatic carboxylic acids is 1. The highest BCUT2D eigenvalue weighted by atomic mass is 32.2. The normalized spacial score (nSPS) is 28.2. The van der Waals surface area contributed by atoms with Crippen LogP contribution in [-0.2, 0) is 16.0 Å². The highest BCUT2D eigenvalue weighted by molar-refractivity contribution is 8.01. The molecule has 5 heteroatoms. The molecule has 0 spiro atoms. The monoisotopic (exact) mass is 305 g/mol. The molecule has 2 aliphatic rings. The Morgan fingerprint density at radius 3 is 2.81 bits per heavy atom. The molecular formula is C16H19NO3S. The first-order valence-corrected chi connectivity index (χ1v) is 8.27. The van der Waals surface area contributed by atoms with Gasteiger partial charge in [0.25, 0.3) is 0 Å². The summed E-state index contributed by atoms with van der Waals surface area (Å²) >= 11 is 1.66. The Kier molecular flexibility index (Phi) is 3.69. The zero-order valence-corrected chi connectivity index (χ0v) is 12.9. The summed E-state index contributed by atoms with van der Waals surface area (Å²) in [5, 5.41) is 9.63. The lowest BCUT2D eigenvalue weighted by molar-refractivity contribution is -0.152. The van der Waals surface area contributed by atoms with Gasteiger partial charge in [0.15, 0.2) is 6.04 Å². The molecule has 3 rings (SSSR count). The predicted octanol–water partition coefficient (Wildman–Crippen LogP) is 2.48. The predicted molar refractivity (Wildman–Crippen MR) is 82.3 cm³/mol. The van der Waals surface area contributed by atoms with E-state index in [2.05, 4.69) is 0 Å². The number of carbonyl (C=O) groups is 2. The van der Waals surface area contributed by atoms with E-state index in [1.807, 2.05) is 31.2 Å². The lowest BCUT2D eigenvalue weighted by Crippen LogP contribution is -2.50. The van der Waals surface area contributed by atoms with Crippen molar-refractivity contribution in [2.24, 2.45) is 0 Å². The van der Waals surface area contributed by atoms with Crippen LogP contribution in [0.1, 0.15) is 36.9 Å². The van der Waals surface area contributed by atoms with Crippen molar-refractivity contribution in [2.75, 3.05) is 12.3 Å². The van der Waals surface area contributed by atoms with Crippen molar-refractivity contribution < 1.29 is 14.7 Å². The summed E-state index contributed by atoms with van der Waals surface area (Å²) in [6.45, 7) is 2.44. The van der Waals surface area contributed by atoms with Gasteiger partial charge in [0, 0.05) is 6.54 Å². The van der Waals surface area contributed by atoms with E-state index in [-0.39, 0.29) is 5.91 Å². The Bertz CT molecular complexity index is 581. The number of nitrogens with zero attached hydrogens (tertiary/aromatic N) is 1. The Balaban J connectivity index is 1.96. The average Bonchev–Trinajstić information content (AvgIpc) is 2.93. The molecule has 0 saturated carbocycles. The van der Waals surface area contributed by atoms with Gasteiger partial charge in [-0.25, -0.2) is 4.79 Å². The smallest absolute Gasteiger partial charge is 0.331 e. The van der Waals surface area contributed by atoms with Gasteiger partial charge in [-0.2, -0.15) is 0 Å². The van der Waals surface area contributed by atoms with Crippen LogP contribution in [0.15, 0.2) is 24.3 Å². The highest BCUT2D eigenvalue weighted by Crippen LogP contribution is 2.42. The summed E-state index contributed by atoms with van der Waals surface area (Å²) in [4.78, 5) is 26.2. The first-order valence-electron chi connectivity index (χ1n) is 7.28. The number of fused-ring (bicyclic) bond motifs is 1. The van der Waals surface area contributed by atoms with Gasteiger partial charge >= 0.3 is 5.97 Å². The minimum Gasteiger partial charge on any atom is -0.479 e. The molecule has 0 aromatic heterocycles. The topological polar surface area (TPSA) is 57.6 Å². The van der Waals surface area contributed by atoms with Crippen molar-refractivity contribution in [3.05, 3.63) is 35.4 Å². The second-order valence-corrected chi connectivity index (χ2v) is 7.47. The quantitative estimate of drug-likeness (QED) is 0.912. The van der Waals surface area contributed by atoms with Crippen LogP contribution in [0.25, 0.3) is 0 Å². The molecule has 0 radical (unpaired) electrons. The van der Waals surface area contributed by atoms with Crippen molar-refractivity contribution in [3.63, 3.8) is 0 Å². The number of thioether (sulfide) groups is 1. The molecule has 112 valence electrons. The lowest BCUT2D eigenvalue weighted by atomic mass is 9.91. The standard InChI is InChI=1S/C16H19NO3S/c1-16(8-4-10-21-16)15(20)17-9-7-11-5-2-3-6-12(11)13(17)14(18)19/h2-3,5-6,13H,4,7-10H2,1H3,(H,18,19). The lowest BCUT2D eigenvalue weighted by Gasteiger charge is -2.38. The molecule has 0 bridgehead atoms. The van der Waals surface area contributed by atoms with E-state index < -0.39 is 16.8 Å². The van der Waals surface area contributed by atoms with Gasteiger partial charge in [0.2, 0.25) is 5.91 Å². The highest BCUT2D eigenvalue weighted by Gasteiger charge is 2.45. The summed E-state index contributed by atoms with van der Waals surface area (Å²) < 4.78 is -0.458.